The van der Waals surface area contributed by atoms with Gasteiger partial charge in [0.15, 0.2) is 0 Å². The van der Waals surface area contributed by atoms with Crippen LogP contribution in [0.4, 0.5) is 10.5 Å². The van der Waals surface area contributed by atoms with Crippen molar-refractivity contribution in [3.05, 3.63) is 94.1 Å². The summed E-state index contributed by atoms with van der Waals surface area (Å²) in [7, 11) is 1.65. The molecule has 0 fully saturated rings. The molecule has 5 nitrogen and oxygen atoms in total. The Morgan fingerprint density at radius 2 is 1.94 bits per heavy atom. The number of benzene rings is 3. The molecule has 0 saturated heterocycles. The number of H-pyrrole nitrogens is 1. The Morgan fingerprint density at radius 3 is 2.69 bits per heavy atom. The molecule has 32 heavy (non-hydrogen) atoms. The van der Waals surface area contributed by atoms with Crippen LogP contribution in [0.25, 0.3) is 10.9 Å². The number of urea groups is 1. The number of methoxy groups -OCH3 is 1. The summed E-state index contributed by atoms with van der Waals surface area (Å²) in [5.74, 6) is 0.781. The minimum Gasteiger partial charge on any atom is -0.497 e. The van der Waals surface area contributed by atoms with E-state index in [1.807, 2.05) is 78.6 Å². The van der Waals surface area contributed by atoms with Gasteiger partial charge in [-0.05, 0) is 72.5 Å². The Hall–Kier alpha value is -3.44. The van der Waals surface area contributed by atoms with Crippen molar-refractivity contribution in [3.63, 3.8) is 0 Å². The van der Waals surface area contributed by atoms with E-state index < -0.39 is 0 Å². The van der Waals surface area contributed by atoms with E-state index in [1.54, 1.807) is 7.11 Å². The van der Waals surface area contributed by atoms with Gasteiger partial charge in [-0.25, -0.2) is 4.79 Å². The Kier molecular flexibility index (Phi) is 5.27. The van der Waals surface area contributed by atoms with E-state index >= 15 is 0 Å². The number of aryl methyl sites for hydroxylation is 1. The summed E-state index contributed by atoms with van der Waals surface area (Å²) in [6, 6.07) is 21.2. The van der Waals surface area contributed by atoms with Gasteiger partial charge in [0, 0.05) is 33.9 Å². The van der Waals surface area contributed by atoms with E-state index in [0.717, 1.165) is 45.6 Å². The molecule has 1 aromatic heterocycles. The average Bonchev–Trinajstić information content (AvgIpc) is 3.16. The number of hydrogen-bond donors (Lipinski definition) is 2. The Balaban J connectivity index is 1.58. The second kappa shape index (κ2) is 8.24. The molecule has 2 N–H and O–H groups in total. The van der Waals surface area contributed by atoms with Crippen molar-refractivity contribution in [2.45, 2.75) is 19.4 Å². The number of rotatable bonds is 3. The number of ether oxygens (including phenoxy) is 1. The third kappa shape index (κ3) is 3.69. The molecule has 2 heterocycles. The van der Waals surface area contributed by atoms with Crippen LogP contribution in [0.2, 0.25) is 5.02 Å². The Bertz CT molecular complexity index is 1300. The summed E-state index contributed by atoms with van der Waals surface area (Å²) in [5, 5.41) is 4.90. The first-order chi connectivity index (χ1) is 15.5. The molecule has 1 aliphatic rings. The largest absolute Gasteiger partial charge is 0.497 e. The number of nitrogens with zero attached hydrogens (tertiary/aromatic N) is 1. The number of anilines is 1. The second-order valence-electron chi connectivity index (χ2n) is 8.13. The van der Waals surface area contributed by atoms with Gasteiger partial charge in [-0.3, -0.25) is 0 Å². The number of aromatic amines is 1. The molecule has 5 rings (SSSR count). The molecule has 1 atom stereocenters. The zero-order valence-corrected chi connectivity index (χ0v) is 18.7. The molecule has 6 heteroatoms. The van der Waals surface area contributed by atoms with Crippen molar-refractivity contribution in [1.82, 2.24) is 9.88 Å². The maximum Gasteiger partial charge on any atom is 0.322 e. The van der Waals surface area contributed by atoms with E-state index in [4.69, 9.17) is 16.3 Å². The van der Waals surface area contributed by atoms with Gasteiger partial charge in [0.2, 0.25) is 0 Å². The zero-order valence-electron chi connectivity index (χ0n) is 18.0. The summed E-state index contributed by atoms with van der Waals surface area (Å²) < 4.78 is 5.34. The quantitative estimate of drug-likeness (QED) is 0.387. The normalized spacial score (nSPS) is 15.5. The molecule has 0 spiro atoms. The first kappa shape index (κ1) is 20.5. The molecule has 4 aromatic rings. The summed E-state index contributed by atoms with van der Waals surface area (Å²) in [5.41, 5.74) is 6.17. The smallest absolute Gasteiger partial charge is 0.322 e. The standard InChI is InChI=1S/C26H24ClN3O2/c1-16-4-3-5-19(14-16)28-26(31)30-13-12-21-22-15-18(27)8-11-23(22)29-24(21)25(30)17-6-9-20(32-2)10-7-17/h3-11,14-15,25,29H,12-13H2,1-2H3,(H,28,31). The van der Waals surface area contributed by atoms with Crippen LogP contribution in [0, 0.1) is 6.92 Å². The van der Waals surface area contributed by atoms with Crippen LogP contribution in [0.15, 0.2) is 66.7 Å². The highest BCUT2D eigenvalue weighted by atomic mass is 35.5. The number of carbonyl (C=O) groups excluding carboxylic acids is 1. The molecular weight excluding hydrogens is 422 g/mol. The first-order valence-corrected chi connectivity index (χ1v) is 11.0. The lowest BCUT2D eigenvalue weighted by atomic mass is 9.92. The van der Waals surface area contributed by atoms with Crippen LogP contribution in [0.5, 0.6) is 5.75 Å². The van der Waals surface area contributed by atoms with Crippen LogP contribution in [0.3, 0.4) is 0 Å². The fourth-order valence-corrected chi connectivity index (χ4v) is 4.70. The van der Waals surface area contributed by atoms with Crippen LogP contribution < -0.4 is 10.1 Å². The fourth-order valence-electron chi connectivity index (χ4n) is 4.53. The molecule has 0 aliphatic carbocycles. The number of aromatic nitrogens is 1. The molecule has 1 aliphatic heterocycles. The molecule has 0 bridgehead atoms. The van der Waals surface area contributed by atoms with E-state index in [2.05, 4.69) is 10.3 Å². The second-order valence-corrected chi connectivity index (χ2v) is 8.56. The molecule has 2 amide bonds. The number of carbonyl (C=O) groups is 1. The average molecular weight is 446 g/mol. The van der Waals surface area contributed by atoms with Gasteiger partial charge in [0.05, 0.1) is 13.2 Å². The maximum absolute atomic E-state index is 13.4. The highest BCUT2D eigenvalue weighted by Crippen LogP contribution is 2.39. The van der Waals surface area contributed by atoms with E-state index in [1.165, 1.54) is 5.56 Å². The Morgan fingerprint density at radius 1 is 1.12 bits per heavy atom. The number of nitrogens with one attached hydrogen (secondary N) is 2. The van der Waals surface area contributed by atoms with Crippen LogP contribution in [-0.4, -0.2) is 29.6 Å². The topological polar surface area (TPSA) is 57.4 Å². The minimum atomic E-state index is -0.249. The number of fused-ring (bicyclic) bond motifs is 3. The highest BCUT2D eigenvalue weighted by Gasteiger charge is 2.34. The van der Waals surface area contributed by atoms with Gasteiger partial charge in [0.1, 0.15) is 5.75 Å². The van der Waals surface area contributed by atoms with Crippen LogP contribution >= 0.6 is 11.6 Å². The van der Waals surface area contributed by atoms with Gasteiger partial charge in [-0.2, -0.15) is 0 Å². The lowest BCUT2D eigenvalue weighted by molar-refractivity contribution is 0.193. The first-order valence-electron chi connectivity index (χ1n) is 10.6. The highest BCUT2D eigenvalue weighted by molar-refractivity contribution is 6.31. The lowest BCUT2D eigenvalue weighted by Crippen LogP contribution is -2.43. The third-order valence-corrected chi connectivity index (χ3v) is 6.29. The third-order valence-electron chi connectivity index (χ3n) is 6.05. The predicted octanol–water partition coefficient (Wildman–Crippen LogP) is 6.32. The molecule has 1 unspecified atom stereocenters. The summed E-state index contributed by atoms with van der Waals surface area (Å²) >= 11 is 6.28. The number of hydrogen-bond acceptors (Lipinski definition) is 2. The lowest BCUT2D eigenvalue weighted by Gasteiger charge is -2.36. The molecular formula is C26H24ClN3O2. The Labute approximate surface area is 192 Å². The molecule has 0 saturated carbocycles. The van der Waals surface area contributed by atoms with Crippen LogP contribution in [0.1, 0.15) is 28.4 Å². The minimum absolute atomic E-state index is 0.126. The van der Waals surface area contributed by atoms with Gasteiger partial charge >= 0.3 is 6.03 Å². The van der Waals surface area contributed by atoms with Gasteiger partial charge in [-0.15, -0.1) is 0 Å². The van der Waals surface area contributed by atoms with Crippen molar-refractivity contribution in [1.29, 1.82) is 0 Å². The molecule has 0 radical (unpaired) electrons. The zero-order chi connectivity index (χ0) is 22.2. The van der Waals surface area contributed by atoms with E-state index in [9.17, 15) is 4.79 Å². The molecule has 3 aromatic carbocycles. The monoisotopic (exact) mass is 445 g/mol. The molecule has 162 valence electrons. The van der Waals surface area contributed by atoms with Gasteiger partial charge in [0.25, 0.3) is 0 Å². The SMILES string of the molecule is COc1ccc(C2c3[nH]c4ccc(Cl)cc4c3CCN2C(=O)Nc2cccc(C)c2)cc1. The van der Waals surface area contributed by atoms with Gasteiger partial charge in [-0.1, -0.05) is 35.9 Å². The summed E-state index contributed by atoms with van der Waals surface area (Å²) in [6.07, 6.45) is 0.754. The number of amides is 2. The van der Waals surface area contributed by atoms with E-state index in [-0.39, 0.29) is 12.1 Å². The summed E-state index contributed by atoms with van der Waals surface area (Å²) in [4.78, 5) is 18.9. The van der Waals surface area contributed by atoms with Crippen molar-refractivity contribution in [2.75, 3.05) is 19.0 Å². The fraction of sp³-hybridized carbons (Fsp3) is 0.192. The van der Waals surface area contributed by atoms with Crippen LogP contribution in [-0.2, 0) is 6.42 Å². The predicted molar refractivity (Wildman–Crippen MR) is 129 cm³/mol. The van der Waals surface area contributed by atoms with E-state index in [0.29, 0.717) is 11.6 Å². The maximum atomic E-state index is 13.4. The number of halogens is 1. The van der Waals surface area contributed by atoms with Crippen molar-refractivity contribution in [2.24, 2.45) is 0 Å². The van der Waals surface area contributed by atoms with Crippen molar-refractivity contribution >= 4 is 34.2 Å². The van der Waals surface area contributed by atoms with Crippen molar-refractivity contribution < 1.29 is 9.53 Å². The summed E-state index contributed by atoms with van der Waals surface area (Å²) in [6.45, 7) is 2.61. The van der Waals surface area contributed by atoms with Gasteiger partial charge < -0.3 is 19.9 Å². The van der Waals surface area contributed by atoms with Crippen molar-refractivity contribution in [3.8, 4) is 5.75 Å².